The van der Waals surface area contributed by atoms with Gasteiger partial charge in [0, 0.05) is 18.0 Å². The molecule has 0 bridgehead atoms. The summed E-state index contributed by atoms with van der Waals surface area (Å²) in [6.45, 7) is 1.13. The van der Waals surface area contributed by atoms with Gasteiger partial charge in [-0.25, -0.2) is 0 Å². The molecule has 0 amide bonds. The van der Waals surface area contributed by atoms with Gasteiger partial charge in [0.15, 0.2) is 0 Å². The van der Waals surface area contributed by atoms with Gasteiger partial charge in [0.05, 0.1) is 0 Å². The first kappa shape index (κ1) is 13.5. The van der Waals surface area contributed by atoms with E-state index in [0.29, 0.717) is 11.9 Å². The van der Waals surface area contributed by atoms with Gasteiger partial charge in [0.25, 0.3) is 0 Å². The van der Waals surface area contributed by atoms with Gasteiger partial charge in [-0.05, 0) is 36.6 Å². The van der Waals surface area contributed by atoms with Crippen LogP contribution in [0.2, 0.25) is 0 Å². The lowest BCUT2D eigenvalue weighted by atomic mass is 10.0. The Hall–Kier alpha value is -2.20. The number of fused-ring (bicyclic) bond motifs is 1. The summed E-state index contributed by atoms with van der Waals surface area (Å²) in [6.07, 6.45) is 4.44. The summed E-state index contributed by atoms with van der Waals surface area (Å²) in [4.78, 5) is 4.59. The molecule has 4 nitrogen and oxygen atoms in total. The highest BCUT2D eigenvalue weighted by molar-refractivity contribution is 5.94. The standard InChI is InChI=1S/C18H19N3O/c1-2-8-15-13(5-1)6-3-9-16(15)18-20-17(22-21-18)11-10-14-7-4-12-19-14/h1-3,5-6,8-9,14,19H,4,7,10-12H2. The normalized spacial score (nSPS) is 18.1. The Labute approximate surface area is 129 Å². The Morgan fingerprint density at radius 1 is 1.14 bits per heavy atom. The van der Waals surface area contributed by atoms with Gasteiger partial charge in [-0.3, -0.25) is 0 Å². The first-order chi connectivity index (χ1) is 10.9. The molecule has 0 radical (unpaired) electrons. The van der Waals surface area contributed by atoms with E-state index in [9.17, 15) is 0 Å². The third-order valence-corrected chi connectivity index (χ3v) is 4.37. The minimum Gasteiger partial charge on any atom is -0.339 e. The van der Waals surface area contributed by atoms with Crippen molar-refractivity contribution in [3.8, 4) is 11.4 Å². The maximum absolute atomic E-state index is 5.44. The van der Waals surface area contributed by atoms with E-state index in [1.165, 1.54) is 18.2 Å². The Morgan fingerprint density at radius 3 is 2.95 bits per heavy atom. The van der Waals surface area contributed by atoms with Crippen molar-refractivity contribution in [3.63, 3.8) is 0 Å². The molecular weight excluding hydrogens is 274 g/mol. The topological polar surface area (TPSA) is 51.0 Å². The summed E-state index contributed by atoms with van der Waals surface area (Å²) in [5.41, 5.74) is 1.03. The lowest BCUT2D eigenvalue weighted by Crippen LogP contribution is -2.21. The monoisotopic (exact) mass is 293 g/mol. The molecule has 4 heteroatoms. The Kier molecular flexibility index (Phi) is 3.60. The average molecular weight is 293 g/mol. The van der Waals surface area contributed by atoms with Crippen LogP contribution in [-0.4, -0.2) is 22.7 Å². The quantitative estimate of drug-likeness (QED) is 0.799. The minimum atomic E-state index is 0.605. The van der Waals surface area contributed by atoms with Gasteiger partial charge >= 0.3 is 0 Å². The zero-order valence-electron chi connectivity index (χ0n) is 12.5. The second-order valence-electron chi connectivity index (χ2n) is 5.87. The highest BCUT2D eigenvalue weighted by Crippen LogP contribution is 2.26. The molecule has 112 valence electrons. The van der Waals surface area contributed by atoms with Crippen LogP contribution in [0.3, 0.4) is 0 Å². The summed E-state index contributed by atoms with van der Waals surface area (Å²) < 4.78 is 5.44. The van der Waals surface area contributed by atoms with Crippen LogP contribution in [0.5, 0.6) is 0 Å². The number of aromatic nitrogens is 2. The number of rotatable bonds is 4. The van der Waals surface area contributed by atoms with Gasteiger partial charge in [-0.2, -0.15) is 4.98 Å². The van der Waals surface area contributed by atoms with Crippen molar-refractivity contribution in [2.45, 2.75) is 31.7 Å². The molecule has 1 fully saturated rings. The van der Waals surface area contributed by atoms with Crippen molar-refractivity contribution in [1.82, 2.24) is 15.5 Å². The molecule has 1 aliphatic rings. The number of hydrogen-bond donors (Lipinski definition) is 1. The van der Waals surface area contributed by atoms with Gasteiger partial charge < -0.3 is 9.84 Å². The first-order valence-corrected chi connectivity index (χ1v) is 7.94. The number of benzene rings is 2. The molecule has 1 unspecified atom stereocenters. The van der Waals surface area contributed by atoms with E-state index in [2.05, 4.69) is 39.7 Å². The molecule has 0 spiro atoms. The summed E-state index contributed by atoms with van der Waals surface area (Å²) in [7, 11) is 0. The van der Waals surface area contributed by atoms with E-state index in [-0.39, 0.29) is 0 Å². The molecule has 2 heterocycles. The lowest BCUT2D eigenvalue weighted by molar-refractivity contribution is 0.369. The van der Waals surface area contributed by atoms with E-state index in [0.717, 1.165) is 36.2 Å². The number of nitrogens with zero attached hydrogens (tertiary/aromatic N) is 2. The highest BCUT2D eigenvalue weighted by atomic mass is 16.5. The smallest absolute Gasteiger partial charge is 0.227 e. The molecule has 1 atom stereocenters. The molecule has 0 aliphatic carbocycles. The largest absolute Gasteiger partial charge is 0.339 e. The number of hydrogen-bond acceptors (Lipinski definition) is 4. The number of nitrogens with one attached hydrogen (secondary N) is 1. The van der Waals surface area contributed by atoms with Crippen LogP contribution in [0.15, 0.2) is 47.0 Å². The molecule has 22 heavy (non-hydrogen) atoms. The summed E-state index contributed by atoms with van der Waals surface area (Å²) in [5, 5.41) is 10.0. The van der Waals surface area contributed by atoms with E-state index >= 15 is 0 Å². The van der Waals surface area contributed by atoms with Crippen molar-refractivity contribution >= 4 is 10.8 Å². The highest BCUT2D eigenvalue weighted by Gasteiger charge is 2.16. The Bertz CT molecular complexity index is 769. The van der Waals surface area contributed by atoms with Crippen LogP contribution in [0.1, 0.15) is 25.2 Å². The minimum absolute atomic E-state index is 0.605. The fourth-order valence-corrected chi connectivity index (χ4v) is 3.19. The van der Waals surface area contributed by atoms with Crippen LogP contribution >= 0.6 is 0 Å². The molecule has 1 saturated heterocycles. The van der Waals surface area contributed by atoms with Crippen molar-refractivity contribution in [1.29, 1.82) is 0 Å². The van der Waals surface area contributed by atoms with E-state index in [4.69, 9.17) is 4.52 Å². The van der Waals surface area contributed by atoms with Crippen molar-refractivity contribution < 1.29 is 4.52 Å². The summed E-state index contributed by atoms with van der Waals surface area (Å²) in [6, 6.07) is 15.1. The zero-order valence-corrected chi connectivity index (χ0v) is 12.5. The fourth-order valence-electron chi connectivity index (χ4n) is 3.19. The molecule has 2 aromatic carbocycles. The maximum Gasteiger partial charge on any atom is 0.227 e. The zero-order chi connectivity index (χ0) is 14.8. The van der Waals surface area contributed by atoms with Gasteiger partial charge in [-0.15, -0.1) is 0 Å². The average Bonchev–Trinajstić information content (AvgIpc) is 3.24. The number of aryl methyl sites for hydroxylation is 1. The molecule has 1 aliphatic heterocycles. The van der Waals surface area contributed by atoms with Gasteiger partial charge in [0.2, 0.25) is 11.7 Å². The van der Waals surface area contributed by atoms with Crippen LogP contribution in [0.25, 0.3) is 22.2 Å². The third-order valence-electron chi connectivity index (χ3n) is 4.37. The van der Waals surface area contributed by atoms with Crippen LogP contribution in [0.4, 0.5) is 0 Å². The van der Waals surface area contributed by atoms with E-state index in [1.807, 2.05) is 18.2 Å². The lowest BCUT2D eigenvalue weighted by Gasteiger charge is -2.06. The second-order valence-corrected chi connectivity index (χ2v) is 5.87. The molecule has 1 aromatic heterocycles. The molecule has 1 N–H and O–H groups in total. The molecule has 3 aromatic rings. The maximum atomic E-state index is 5.44. The van der Waals surface area contributed by atoms with Crippen LogP contribution < -0.4 is 5.32 Å². The first-order valence-electron chi connectivity index (χ1n) is 7.94. The predicted octanol–water partition coefficient (Wildman–Crippen LogP) is 3.57. The second kappa shape index (κ2) is 5.89. The summed E-state index contributed by atoms with van der Waals surface area (Å²) >= 11 is 0. The van der Waals surface area contributed by atoms with E-state index in [1.54, 1.807) is 0 Å². The third kappa shape index (κ3) is 2.62. The summed E-state index contributed by atoms with van der Waals surface area (Å²) in [5.74, 6) is 1.42. The molecule has 0 saturated carbocycles. The predicted molar refractivity (Wildman–Crippen MR) is 86.6 cm³/mol. The Balaban J connectivity index is 1.57. The fraction of sp³-hybridized carbons (Fsp3) is 0.333. The van der Waals surface area contributed by atoms with Crippen molar-refractivity contribution in [2.75, 3.05) is 6.54 Å². The van der Waals surface area contributed by atoms with Gasteiger partial charge in [-0.1, -0.05) is 47.6 Å². The molecular formula is C18H19N3O. The molecule has 4 rings (SSSR count). The van der Waals surface area contributed by atoms with Gasteiger partial charge in [0.1, 0.15) is 0 Å². The SMILES string of the molecule is c1ccc2c(-c3noc(CCC4CCCN4)n3)cccc2c1. The van der Waals surface area contributed by atoms with Crippen LogP contribution in [-0.2, 0) is 6.42 Å². The van der Waals surface area contributed by atoms with Crippen LogP contribution in [0, 0.1) is 0 Å². The van der Waals surface area contributed by atoms with Crippen molar-refractivity contribution in [2.24, 2.45) is 0 Å². The van der Waals surface area contributed by atoms with Crippen molar-refractivity contribution in [3.05, 3.63) is 48.4 Å². The Morgan fingerprint density at radius 2 is 2.05 bits per heavy atom. The van der Waals surface area contributed by atoms with E-state index < -0.39 is 0 Å².